The standard InChI is InChI=1S/C6H9NO2/c8-6-2-1-5-3-9-4-7(5)6/h5H,1-4H2. The molecule has 0 aromatic rings. The van der Waals surface area contributed by atoms with E-state index in [4.69, 9.17) is 4.74 Å². The molecule has 0 aromatic carbocycles. The molecule has 0 saturated carbocycles. The molecule has 2 aliphatic rings. The lowest BCUT2D eigenvalue weighted by molar-refractivity contribution is -0.129. The summed E-state index contributed by atoms with van der Waals surface area (Å²) >= 11 is 0. The van der Waals surface area contributed by atoms with Gasteiger partial charge in [0.1, 0.15) is 6.73 Å². The van der Waals surface area contributed by atoms with Gasteiger partial charge >= 0.3 is 0 Å². The van der Waals surface area contributed by atoms with Gasteiger partial charge in [-0.05, 0) is 6.42 Å². The van der Waals surface area contributed by atoms with Crippen LogP contribution in [0.25, 0.3) is 0 Å². The fourth-order valence-electron chi connectivity index (χ4n) is 1.43. The van der Waals surface area contributed by atoms with Crippen LogP contribution in [0.3, 0.4) is 0 Å². The lowest BCUT2D eigenvalue weighted by Gasteiger charge is -2.10. The molecule has 1 unspecified atom stereocenters. The number of amides is 1. The molecule has 0 bridgehead atoms. The van der Waals surface area contributed by atoms with Gasteiger partial charge in [0, 0.05) is 6.42 Å². The molecule has 0 spiro atoms. The highest BCUT2D eigenvalue weighted by atomic mass is 16.5. The van der Waals surface area contributed by atoms with Crippen molar-refractivity contribution in [2.45, 2.75) is 18.9 Å². The molecule has 0 aromatic heterocycles. The van der Waals surface area contributed by atoms with Crippen LogP contribution in [-0.2, 0) is 9.53 Å². The van der Waals surface area contributed by atoms with Crippen molar-refractivity contribution in [3.63, 3.8) is 0 Å². The van der Waals surface area contributed by atoms with Crippen LogP contribution in [-0.4, -0.2) is 30.2 Å². The second-order valence-corrected chi connectivity index (χ2v) is 2.56. The Morgan fingerprint density at radius 1 is 1.67 bits per heavy atom. The Morgan fingerprint density at radius 2 is 2.56 bits per heavy atom. The Balaban J connectivity index is 2.15. The fourth-order valence-corrected chi connectivity index (χ4v) is 1.43. The molecule has 2 fully saturated rings. The van der Waals surface area contributed by atoms with E-state index < -0.39 is 0 Å². The minimum atomic E-state index is 0.262. The summed E-state index contributed by atoms with van der Waals surface area (Å²) < 4.78 is 5.09. The number of nitrogens with zero attached hydrogens (tertiary/aromatic N) is 1. The first-order valence-electron chi connectivity index (χ1n) is 3.25. The molecule has 2 rings (SSSR count). The first kappa shape index (κ1) is 5.23. The van der Waals surface area contributed by atoms with Crippen LogP contribution < -0.4 is 0 Å². The van der Waals surface area contributed by atoms with Crippen molar-refractivity contribution < 1.29 is 9.53 Å². The van der Waals surface area contributed by atoms with Gasteiger partial charge in [-0.2, -0.15) is 0 Å². The highest BCUT2D eigenvalue weighted by Crippen LogP contribution is 2.22. The number of ether oxygens (including phenoxy) is 1. The van der Waals surface area contributed by atoms with Crippen molar-refractivity contribution in [1.29, 1.82) is 0 Å². The third-order valence-electron chi connectivity index (χ3n) is 1.99. The first-order valence-corrected chi connectivity index (χ1v) is 3.25. The normalized spacial score (nSPS) is 33.6. The number of fused-ring (bicyclic) bond motifs is 1. The maximum atomic E-state index is 10.9. The summed E-state index contributed by atoms with van der Waals surface area (Å²) in [6.45, 7) is 1.29. The van der Waals surface area contributed by atoms with E-state index in [2.05, 4.69) is 0 Å². The van der Waals surface area contributed by atoms with Gasteiger partial charge in [0.05, 0.1) is 12.6 Å². The summed E-state index contributed by atoms with van der Waals surface area (Å²) in [5.41, 5.74) is 0. The van der Waals surface area contributed by atoms with Crippen LogP contribution in [0, 0.1) is 0 Å². The van der Waals surface area contributed by atoms with Gasteiger partial charge in [-0.15, -0.1) is 0 Å². The summed E-state index contributed by atoms with van der Waals surface area (Å²) in [5.74, 6) is 0.262. The lowest BCUT2D eigenvalue weighted by Crippen LogP contribution is -2.27. The zero-order chi connectivity index (χ0) is 6.27. The summed E-state index contributed by atoms with van der Waals surface area (Å²) in [7, 11) is 0. The number of carbonyl (C=O) groups excluding carboxylic acids is 1. The number of carbonyl (C=O) groups is 1. The molecule has 2 heterocycles. The summed E-state index contributed by atoms with van der Waals surface area (Å²) in [4.78, 5) is 12.7. The average Bonchev–Trinajstić information content (AvgIpc) is 2.35. The smallest absolute Gasteiger partial charge is 0.224 e. The van der Waals surface area contributed by atoms with Crippen LogP contribution in [0.1, 0.15) is 12.8 Å². The summed E-state index contributed by atoms with van der Waals surface area (Å²) in [6, 6.07) is 0.414. The number of hydrogen-bond acceptors (Lipinski definition) is 2. The van der Waals surface area contributed by atoms with Crippen LogP contribution in [0.5, 0.6) is 0 Å². The molecule has 9 heavy (non-hydrogen) atoms. The molecule has 50 valence electrons. The summed E-state index contributed by atoms with van der Waals surface area (Å²) in [5, 5.41) is 0. The van der Waals surface area contributed by atoms with E-state index in [0.29, 0.717) is 12.8 Å². The summed E-state index contributed by atoms with van der Waals surface area (Å²) in [6.07, 6.45) is 1.73. The Kier molecular flexibility index (Phi) is 0.990. The number of rotatable bonds is 0. The minimum Gasteiger partial charge on any atom is -0.359 e. The van der Waals surface area contributed by atoms with Crippen LogP contribution >= 0.6 is 0 Å². The third kappa shape index (κ3) is 0.645. The van der Waals surface area contributed by atoms with Crippen molar-refractivity contribution in [2.24, 2.45) is 0 Å². The van der Waals surface area contributed by atoms with Gasteiger partial charge in [0.25, 0.3) is 0 Å². The molecule has 2 saturated heterocycles. The van der Waals surface area contributed by atoms with Crippen molar-refractivity contribution >= 4 is 5.91 Å². The van der Waals surface area contributed by atoms with Gasteiger partial charge < -0.3 is 9.64 Å². The van der Waals surface area contributed by atoms with Crippen LogP contribution in [0.15, 0.2) is 0 Å². The fraction of sp³-hybridized carbons (Fsp3) is 0.833. The van der Waals surface area contributed by atoms with Gasteiger partial charge in [-0.25, -0.2) is 0 Å². The van der Waals surface area contributed by atoms with E-state index in [-0.39, 0.29) is 5.91 Å². The first-order chi connectivity index (χ1) is 4.38. The van der Waals surface area contributed by atoms with Crippen molar-refractivity contribution in [1.82, 2.24) is 4.90 Å². The topological polar surface area (TPSA) is 29.5 Å². The minimum absolute atomic E-state index is 0.262. The predicted octanol–water partition coefficient (Wildman–Crippen LogP) is -0.0349. The van der Waals surface area contributed by atoms with E-state index in [0.717, 1.165) is 19.4 Å². The number of hydrogen-bond donors (Lipinski definition) is 0. The zero-order valence-electron chi connectivity index (χ0n) is 5.17. The lowest BCUT2D eigenvalue weighted by atomic mass is 10.2. The molecule has 1 amide bonds. The largest absolute Gasteiger partial charge is 0.359 e. The van der Waals surface area contributed by atoms with Gasteiger partial charge in [-0.1, -0.05) is 0 Å². The third-order valence-corrected chi connectivity index (χ3v) is 1.99. The molecular formula is C6H9NO2. The van der Waals surface area contributed by atoms with Gasteiger partial charge in [-0.3, -0.25) is 4.79 Å². The second-order valence-electron chi connectivity index (χ2n) is 2.56. The Labute approximate surface area is 53.6 Å². The highest BCUT2D eigenvalue weighted by Gasteiger charge is 2.34. The molecule has 1 atom stereocenters. The van der Waals surface area contributed by atoms with Crippen LogP contribution in [0.4, 0.5) is 0 Å². The SMILES string of the molecule is O=C1CCC2COCN12. The van der Waals surface area contributed by atoms with E-state index in [1.807, 2.05) is 4.90 Å². The monoisotopic (exact) mass is 127 g/mol. The Hall–Kier alpha value is -0.570. The van der Waals surface area contributed by atoms with E-state index in [9.17, 15) is 4.79 Å². The average molecular weight is 127 g/mol. The van der Waals surface area contributed by atoms with E-state index in [1.165, 1.54) is 0 Å². The van der Waals surface area contributed by atoms with E-state index in [1.54, 1.807) is 0 Å². The predicted molar refractivity (Wildman–Crippen MR) is 30.7 cm³/mol. The molecule has 3 nitrogen and oxygen atoms in total. The maximum absolute atomic E-state index is 10.9. The highest BCUT2D eigenvalue weighted by molar-refractivity contribution is 5.78. The quantitative estimate of drug-likeness (QED) is 0.457. The van der Waals surface area contributed by atoms with Crippen molar-refractivity contribution in [2.75, 3.05) is 13.3 Å². The second kappa shape index (κ2) is 1.70. The Bertz CT molecular complexity index is 146. The van der Waals surface area contributed by atoms with Crippen molar-refractivity contribution in [3.8, 4) is 0 Å². The van der Waals surface area contributed by atoms with Gasteiger partial charge in [0.15, 0.2) is 0 Å². The van der Waals surface area contributed by atoms with Crippen LogP contribution in [0.2, 0.25) is 0 Å². The molecule has 3 heteroatoms. The zero-order valence-corrected chi connectivity index (χ0v) is 5.17. The van der Waals surface area contributed by atoms with Gasteiger partial charge in [0.2, 0.25) is 5.91 Å². The molecule has 0 radical (unpaired) electrons. The van der Waals surface area contributed by atoms with Crippen molar-refractivity contribution in [3.05, 3.63) is 0 Å². The molecule has 0 N–H and O–H groups in total. The Morgan fingerprint density at radius 3 is 3.33 bits per heavy atom. The molecular weight excluding hydrogens is 118 g/mol. The molecule has 0 aliphatic carbocycles. The molecule has 2 aliphatic heterocycles. The maximum Gasteiger partial charge on any atom is 0.224 e. The van der Waals surface area contributed by atoms with E-state index >= 15 is 0 Å².